The first kappa shape index (κ1) is 23.8. The van der Waals surface area contributed by atoms with Gasteiger partial charge >= 0.3 is 0 Å². The zero-order valence-electron chi connectivity index (χ0n) is 19.1. The van der Waals surface area contributed by atoms with Crippen molar-refractivity contribution in [2.45, 2.75) is 25.1 Å². The van der Waals surface area contributed by atoms with Crippen LogP contribution in [0.25, 0.3) is 0 Å². The van der Waals surface area contributed by atoms with E-state index >= 15 is 0 Å². The molecule has 0 aliphatic carbocycles. The van der Waals surface area contributed by atoms with E-state index in [0.717, 1.165) is 6.54 Å². The molecule has 0 aromatic heterocycles. The molecule has 0 fully saturated rings. The highest BCUT2D eigenvalue weighted by Gasteiger charge is 2.21. The maximum Gasteiger partial charge on any atom is 0.161 e. The van der Waals surface area contributed by atoms with Gasteiger partial charge in [-0.15, -0.1) is 0 Å². The minimum absolute atomic E-state index is 0.167. The van der Waals surface area contributed by atoms with Gasteiger partial charge in [0.15, 0.2) is 11.5 Å². The molecule has 0 heterocycles. The predicted molar refractivity (Wildman–Crippen MR) is 129 cm³/mol. The maximum atomic E-state index is 10.4. The molecule has 5 nitrogen and oxygen atoms in total. The Bertz CT molecular complexity index is 881. The average Bonchev–Trinajstić information content (AvgIpc) is 2.83. The lowest BCUT2D eigenvalue weighted by Gasteiger charge is -2.31. The Kier molecular flexibility index (Phi) is 9.11. The van der Waals surface area contributed by atoms with Crippen LogP contribution >= 0.6 is 0 Å². The second-order valence-electron chi connectivity index (χ2n) is 8.09. The average molecular weight is 435 g/mol. The second kappa shape index (κ2) is 12.2. The fourth-order valence-corrected chi connectivity index (χ4v) is 3.89. The molecule has 0 amide bonds. The first-order chi connectivity index (χ1) is 15.6. The fourth-order valence-electron chi connectivity index (χ4n) is 3.89. The topological polar surface area (TPSA) is 54.0 Å². The standard InChI is InChI=1S/C27H34N2O3/c1-21(28-18-24(30)20-32-26-17-11-10-16-25(26)31-3)19-29(2)27(22-12-6-4-7-13-22)23-14-8-5-9-15-23/h4-17,21,24,27-28,30H,18-20H2,1-3H3. The van der Waals surface area contributed by atoms with E-state index in [-0.39, 0.29) is 18.7 Å². The van der Waals surface area contributed by atoms with E-state index in [1.54, 1.807) is 7.11 Å². The zero-order chi connectivity index (χ0) is 22.8. The second-order valence-corrected chi connectivity index (χ2v) is 8.09. The molecule has 0 bridgehead atoms. The molecule has 32 heavy (non-hydrogen) atoms. The number of nitrogens with zero attached hydrogens (tertiary/aromatic N) is 1. The summed E-state index contributed by atoms with van der Waals surface area (Å²) in [4.78, 5) is 2.35. The number of nitrogens with one attached hydrogen (secondary N) is 1. The van der Waals surface area contributed by atoms with Gasteiger partial charge in [-0.2, -0.15) is 0 Å². The van der Waals surface area contributed by atoms with Crippen molar-refractivity contribution in [2.24, 2.45) is 0 Å². The van der Waals surface area contributed by atoms with Gasteiger partial charge < -0.3 is 19.9 Å². The number of aliphatic hydroxyl groups is 1. The van der Waals surface area contributed by atoms with Gasteiger partial charge in [0.1, 0.15) is 12.7 Å². The first-order valence-electron chi connectivity index (χ1n) is 11.1. The number of para-hydroxylation sites is 2. The van der Waals surface area contributed by atoms with E-state index in [9.17, 15) is 5.11 Å². The van der Waals surface area contributed by atoms with Crippen molar-refractivity contribution in [3.63, 3.8) is 0 Å². The van der Waals surface area contributed by atoms with E-state index in [1.165, 1.54) is 11.1 Å². The van der Waals surface area contributed by atoms with Crippen molar-refractivity contribution in [3.8, 4) is 11.5 Å². The number of methoxy groups -OCH3 is 1. The molecule has 2 N–H and O–H groups in total. The number of likely N-dealkylation sites (N-methyl/N-ethyl adjacent to an activating group) is 1. The molecule has 0 spiro atoms. The Hall–Kier alpha value is -2.86. The SMILES string of the molecule is COc1ccccc1OCC(O)CNC(C)CN(C)C(c1ccccc1)c1ccccc1. The van der Waals surface area contributed by atoms with Gasteiger partial charge in [-0.3, -0.25) is 4.90 Å². The predicted octanol–water partition coefficient (Wildman–Crippen LogP) is 4.13. The normalized spacial score (nSPS) is 13.2. The minimum atomic E-state index is -0.619. The molecule has 0 saturated heterocycles. The van der Waals surface area contributed by atoms with Crippen LogP contribution in [0.15, 0.2) is 84.9 Å². The summed E-state index contributed by atoms with van der Waals surface area (Å²) in [5.41, 5.74) is 2.53. The molecule has 3 aromatic rings. The molecule has 170 valence electrons. The van der Waals surface area contributed by atoms with Gasteiger partial charge in [0.2, 0.25) is 0 Å². The zero-order valence-corrected chi connectivity index (χ0v) is 19.1. The smallest absolute Gasteiger partial charge is 0.161 e. The lowest BCUT2D eigenvalue weighted by atomic mass is 9.97. The Morgan fingerprint density at radius 3 is 1.94 bits per heavy atom. The Balaban J connectivity index is 1.53. The third-order valence-electron chi connectivity index (χ3n) is 5.44. The van der Waals surface area contributed by atoms with Gasteiger partial charge in [-0.05, 0) is 37.2 Å². The first-order valence-corrected chi connectivity index (χ1v) is 11.1. The summed E-state index contributed by atoms with van der Waals surface area (Å²) in [5, 5.41) is 13.8. The van der Waals surface area contributed by atoms with Crippen LogP contribution in [0.3, 0.4) is 0 Å². The highest BCUT2D eigenvalue weighted by Crippen LogP contribution is 2.28. The molecule has 5 heteroatoms. The molecule has 0 aliphatic rings. The summed E-state index contributed by atoms with van der Waals surface area (Å²) in [6.45, 7) is 3.62. The number of hydrogen-bond acceptors (Lipinski definition) is 5. The number of aliphatic hydroxyl groups excluding tert-OH is 1. The Morgan fingerprint density at radius 2 is 1.38 bits per heavy atom. The molecule has 3 rings (SSSR count). The molecular weight excluding hydrogens is 400 g/mol. The molecule has 2 atom stereocenters. The molecule has 0 radical (unpaired) electrons. The van der Waals surface area contributed by atoms with E-state index in [4.69, 9.17) is 9.47 Å². The van der Waals surface area contributed by atoms with Crippen molar-refractivity contribution in [1.29, 1.82) is 0 Å². The van der Waals surface area contributed by atoms with Gasteiger partial charge in [-0.1, -0.05) is 72.8 Å². The van der Waals surface area contributed by atoms with Gasteiger partial charge in [0.05, 0.1) is 13.2 Å². The van der Waals surface area contributed by atoms with Gasteiger partial charge in [0.25, 0.3) is 0 Å². The van der Waals surface area contributed by atoms with Crippen molar-refractivity contribution in [3.05, 3.63) is 96.1 Å². The van der Waals surface area contributed by atoms with Gasteiger partial charge in [-0.25, -0.2) is 0 Å². The van der Waals surface area contributed by atoms with Crippen LogP contribution in [0.5, 0.6) is 11.5 Å². The molecule has 2 unspecified atom stereocenters. The number of ether oxygens (including phenoxy) is 2. The molecule has 0 aliphatic heterocycles. The van der Waals surface area contributed by atoms with Crippen LogP contribution in [0, 0.1) is 0 Å². The van der Waals surface area contributed by atoms with E-state index in [1.807, 2.05) is 36.4 Å². The van der Waals surface area contributed by atoms with Crippen LogP contribution < -0.4 is 14.8 Å². The molecule has 3 aromatic carbocycles. The fraction of sp³-hybridized carbons (Fsp3) is 0.333. The quantitative estimate of drug-likeness (QED) is 0.449. The highest BCUT2D eigenvalue weighted by atomic mass is 16.5. The highest BCUT2D eigenvalue weighted by molar-refractivity contribution is 5.39. The lowest BCUT2D eigenvalue weighted by Crippen LogP contribution is -2.43. The minimum Gasteiger partial charge on any atom is -0.493 e. The number of benzene rings is 3. The molecular formula is C27H34N2O3. The lowest BCUT2D eigenvalue weighted by molar-refractivity contribution is 0.100. The van der Waals surface area contributed by atoms with Crippen LogP contribution in [0.4, 0.5) is 0 Å². The largest absolute Gasteiger partial charge is 0.493 e. The van der Waals surface area contributed by atoms with Crippen LogP contribution in [0.1, 0.15) is 24.1 Å². The third-order valence-corrected chi connectivity index (χ3v) is 5.44. The summed E-state index contributed by atoms with van der Waals surface area (Å²) in [7, 11) is 3.75. The van der Waals surface area contributed by atoms with Gasteiger partial charge in [0, 0.05) is 19.1 Å². The monoisotopic (exact) mass is 434 g/mol. The summed E-state index contributed by atoms with van der Waals surface area (Å²) in [6, 6.07) is 28.9. The maximum absolute atomic E-state index is 10.4. The van der Waals surface area contributed by atoms with E-state index in [0.29, 0.717) is 18.0 Å². The summed E-state index contributed by atoms with van der Waals surface area (Å²) < 4.78 is 11.0. The van der Waals surface area contributed by atoms with Crippen LogP contribution in [-0.2, 0) is 0 Å². The Labute approximate surface area is 191 Å². The number of hydrogen-bond donors (Lipinski definition) is 2. The van der Waals surface area contributed by atoms with Crippen molar-refractivity contribution < 1.29 is 14.6 Å². The van der Waals surface area contributed by atoms with Crippen LogP contribution in [0.2, 0.25) is 0 Å². The molecule has 0 saturated carbocycles. The number of rotatable bonds is 12. The summed E-state index contributed by atoms with van der Waals surface area (Å²) in [6.07, 6.45) is -0.619. The van der Waals surface area contributed by atoms with E-state index in [2.05, 4.69) is 72.7 Å². The van der Waals surface area contributed by atoms with E-state index < -0.39 is 6.10 Å². The summed E-state index contributed by atoms with van der Waals surface area (Å²) >= 11 is 0. The van der Waals surface area contributed by atoms with Crippen molar-refractivity contribution in [1.82, 2.24) is 10.2 Å². The van der Waals surface area contributed by atoms with Crippen molar-refractivity contribution in [2.75, 3.05) is 33.9 Å². The Morgan fingerprint density at radius 1 is 0.844 bits per heavy atom. The van der Waals surface area contributed by atoms with Crippen molar-refractivity contribution >= 4 is 0 Å². The van der Waals surface area contributed by atoms with Crippen LogP contribution in [-0.4, -0.2) is 56.0 Å². The third kappa shape index (κ3) is 6.82. The summed E-state index contributed by atoms with van der Waals surface area (Å²) in [5.74, 6) is 1.30.